The number of halogens is 1. The molecular formula is C28H31ClN2O2S. The Hall–Kier alpha value is -2.76. The number of amides is 2. The van der Waals surface area contributed by atoms with E-state index in [0.29, 0.717) is 36.0 Å². The lowest BCUT2D eigenvalue weighted by Crippen LogP contribution is -2.51. The molecule has 0 saturated carbocycles. The zero-order chi connectivity index (χ0) is 24.3. The van der Waals surface area contributed by atoms with Gasteiger partial charge in [-0.2, -0.15) is 0 Å². The molecule has 4 nitrogen and oxygen atoms in total. The topological polar surface area (TPSA) is 49.4 Å². The minimum absolute atomic E-state index is 0.0493. The van der Waals surface area contributed by atoms with E-state index in [1.54, 1.807) is 16.7 Å². The highest BCUT2D eigenvalue weighted by Gasteiger charge is 2.30. The van der Waals surface area contributed by atoms with Gasteiger partial charge in [-0.15, -0.1) is 11.8 Å². The predicted octanol–water partition coefficient (Wildman–Crippen LogP) is 5.66. The first kappa shape index (κ1) is 25.9. The van der Waals surface area contributed by atoms with E-state index < -0.39 is 6.04 Å². The Morgan fingerprint density at radius 2 is 1.56 bits per heavy atom. The Morgan fingerprint density at radius 3 is 2.21 bits per heavy atom. The maximum Gasteiger partial charge on any atom is 0.243 e. The summed E-state index contributed by atoms with van der Waals surface area (Å²) in [7, 11) is 0. The van der Waals surface area contributed by atoms with Crippen molar-refractivity contribution in [2.45, 2.75) is 38.6 Å². The lowest BCUT2D eigenvalue weighted by Gasteiger charge is -2.31. The number of likely N-dealkylation sites (N-methyl/N-ethyl adjacent to an activating group) is 1. The Balaban J connectivity index is 1.81. The Kier molecular flexibility index (Phi) is 10.0. The van der Waals surface area contributed by atoms with Crippen LogP contribution in [0.5, 0.6) is 0 Å². The Labute approximate surface area is 211 Å². The fraction of sp³-hybridized carbons (Fsp3) is 0.286. The van der Waals surface area contributed by atoms with Crippen LogP contribution in [0, 0.1) is 6.92 Å². The van der Waals surface area contributed by atoms with Crippen molar-refractivity contribution < 1.29 is 9.59 Å². The average molecular weight is 495 g/mol. The summed E-state index contributed by atoms with van der Waals surface area (Å²) in [5, 5.41) is 3.63. The molecule has 1 atom stereocenters. The number of nitrogens with one attached hydrogen (secondary N) is 1. The third-order valence-electron chi connectivity index (χ3n) is 5.50. The number of rotatable bonds is 11. The van der Waals surface area contributed by atoms with Gasteiger partial charge in [0.1, 0.15) is 6.04 Å². The Morgan fingerprint density at radius 1 is 0.912 bits per heavy atom. The van der Waals surface area contributed by atoms with Gasteiger partial charge in [0, 0.05) is 30.3 Å². The molecule has 0 bridgehead atoms. The standard InChI is InChI=1S/C28H31ClN2O2S/c1-3-30-28(33)26(17-22-7-5-4-6-8-22)31(18-23-11-9-21(2)10-12-23)27(32)20-34-19-24-13-15-25(29)16-14-24/h4-16,26H,3,17-20H2,1-2H3,(H,30,33)/t26-/m0/s1. The number of carbonyl (C=O) groups excluding carboxylic acids is 2. The van der Waals surface area contributed by atoms with Crippen LogP contribution in [-0.2, 0) is 28.3 Å². The molecule has 0 fully saturated rings. The van der Waals surface area contributed by atoms with Gasteiger partial charge in [0.2, 0.25) is 11.8 Å². The molecule has 178 valence electrons. The molecule has 0 saturated heterocycles. The third-order valence-corrected chi connectivity index (χ3v) is 6.74. The van der Waals surface area contributed by atoms with E-state index in [2.05, 4.69) is 5.32 Å². The normalized spacial score (nSPS) is 11.6. The van der Waals surface area contributed by atoms with Gasteiger partial charge in [-0.25, -0.2) is 0 Å². The maximum absolute atomic E-state index is 13.5. The quantitative estimate of drug-likeness (QED) is 0.374. The number of carbonyl (C=O) groups is 2. The highest BCUT2D eigenvalue weighted by Crippen LogP contribution is 2.19. The van der Waals surface area contributed by atoms with Gasteiger partial charge in [0.05, 0.1) is 5.75 Å². The van der Waals surface area contributed by atoms with E-state index in [-0.39, 0.29) is 11.8 Å². The molecule has 3 rings (SSSR count). The van der Waals surface area contributed by atoms with E-state index in [4.69, 9.17) is 11.6 Å². The van der Waals surface area contributed by atoms with E-state index in [0.717, 1.165) is 22.3 Å². The van der Waals surface area contributed by atoms with Gasteiger partial charge < -0.3 is 10.2 Å². The molecule has 3 aromatic rings. The summed E-state index contributed by atoms with van der Waals surface area (Å²) in [6.45, 7) is 4.83. The van der Waals surface area contributed by atoms with Crippen LogP contribution in [0.4, 0.5) is 0 Å². The number of nitrogens with zero attached hydrogens (tertiary/aromatic N) is 1. The summed E-state index contributed by atoms with van der Waals surface area (Å²) in [6, 6.07) is 25.0. The van der Waals surface area contributed by atoms with Gasteiger partial charge >= 0.3 is 0 Å². The number of hydrogen-bond donors (Lipinski definition) is 1. The van der Waals surface area contributed by atoms with Crippen molar-refractivity contribution in [3.63, 3.8) is 0 Å². The van der Waals surface area contributed by atoms with E-state index in [1.807, 2.05) is 92.7 Å². The Bertz CT molecular complexity index is 1060. The summed E-state index contributed by atoms with van der Waals surface area (Å²) in [5.74, 6) is 0.812. The molecule has 0 heterocycles. The van der Waals surface area contributed by atoms with Crippen LogP contribution >= 0.6 is 23.4 Å². The van der Waals surface area contributed by atoms with E-state index >= 15 is 0 Å². The van der Waals surface area contributed by atoms with E-state index in [9.17, 15) is 9.59 Å². The zero-order valence-corrected chi connectivity index (χ0v) is 21.2. The monoisotopic (exact) mass is 494 g/mol. The fourth-order valence-electron chi connectivity index (χ4n) is 3.66. The molecule has 0 spiro atoms. The van der Waals surface area contributed by atoms with Crippen LogP contribution in [0.3, 0.4) is 0 Å². The molecule has 0 aromatic heterocycles. The van der Waals surface area contributed by atoms with Crippen LogP contribution in [0.15, 0.2) is 78.9 Å². The molecule has 1 N–H and O–H groups in total. The van der Waals surface area contributed by atoms with Crippen molar-refractivity contribution in [3.8, 4) is 0 Å². The molecule has 0 aliphatic carbocycles. The number of hydrogen-bond acceptors (Lipinski definition) is 3. The molecule has 0 aliphatic rings. The van der Waals surface area contributed by atoms with Crippen LogP contribution in [-0.4, -0.2) is 35.1 Å². The summed E-state index contributed by atoms with van der Waals surface area (Å²) < 4.78 is 0. The minimum atomic E-state index is -0.590. The summed E-state index contributed by atoms with van der Waals surface area (Å²) >= 11 is 7.52. The van der Waals surface area contributed by atoms with Gasteiger partial charge in [-0.1, -0.05) is 83.9 Å². The molecule has 0 aliphatic heterocycles. The molecule has 6 heteroatoms. The van der Waals surface area contributed by atoms with Gasteiger partial charge in [0.25, 0.3) is 0 Å². The first-order chi connectivity index (χ1) is 16.5. The second kappa shape index (κ2) is 13.2. The largest absolute Gasteiger partial charge is 0.355 e. The van der Waals surface area contributed by atoms with Gasteiger partial charge in [-0.05, 0) is 42.7 Å². The molecule has 3 aromatic carbocycles. The minimum Gasteiger partial charge on any atom is -0.355 e. The van der Waals surface area contributed by atoms with Crippen molar-refractivity contribution in [1.82, 2.24) is 10.2 Å². The zero-order valence-electron chi connectivity index (χ0n) is 19.7. The maximum atomic E-state index is 13.5. The van der Waals surface area contributed by atoms with Crippen molar-refractivity contribution in [1.29, 1.82) is 0 Å². The number of thioether (sulfide) groups is 1. The summed E-state index contributed by atoms with van der Waals surface area (Å²) in [4.78, 5) is 28.4. The fourth-order valence-corrected chi connectivity index (χ4v) is 4.65. The molecule has 0 radical (unpaired) electrons. The summed E-state index contributed by atoms with van der Waals surface area (Å²) in [6.07, 6.45) is 0.464. The highest BCUT2D eigenvalue weighted by molar-refractivity contribution is 7.99. The van der Waals surface area contributed by atoms with Crippen molar-refractivity contribution in [2.24, 2.45) is 0 Å². The van der Waals surface area contributed by atoms with Crippen LogP contribution in [0.25, 0.3) is 0 Å². The lowest BCUT2D eigenvalue weighted by molar-refractivity contribution is -0.139. The lowest BCUT2D eigenvalue weighted by atomic mass is 10.0. The van der Waals surface area contributed by atoms with Gasteiger partial charge in [0.15, 0.2) is 0 Å². The van der Waals surface area contributed by atoms with Crippen molar-refractivity contribution >= 4 is 35.2 Å². The van der Waals surface area contributed by atoms with Crippen molar-refractivity contribution in [3.05, 3.63) is 106 Å². The van der Waals surface area contributed by atoms with Gasteiger partial charge in [-0.3, -0.25) is 9.59 Å². The second-order valence-corrected chi connectivity index (χ2v) is 9.65. The van der Waals surface area contributed by atoms with E-state index in [1.165, 1.54) is 0 Å². The highest BCUT2D eigenvalue weighted by atomic mass is 35.5. The molecular weight excluding hydrogens is 464 g/mol. The second-order valence-electron chi connectivity index (χ2n) is 8.23. The smallest absolute Gasteiger partial charge is 0.243 e. The first-order valence-electron chi connectivity index (χ1n) is 11.4. The van der Waals surface area contributed by atoms with Crippen molar-refractivity contribution in [2.75, 3.05) is 12.3 Å². The number of benzene rings is 3. The predicted molar refractivity (Wildman–Crippen MR) is 142 cm³/mol. The van der Waals surface area contributed by atoms with Crippen LogP contribution in [0.1, 0.15) is 29.2 Å². The number of aryl methyl sites for hydroxylation is 1. The average Bonchev–Trinajstić information content (AvgIpc) is 2.84. The first-order valence-corrected chi connectivity index (χ1v) is 13.0. The van der Waals surface area contributed by atoms with Crippen LogP contribution in [0.2, 0.25) is 5.02 Å². The molecule has 0 unspecified atom stereocenters. The van der Waals surface area contributed by atoms with Crippen LogP contribution < -0.4 is 5.32 Å². The molecule has 34 heavy (non-hydrogen) atoms. The third kappa shape index (κ3) is 7.93. The summed E-state index contributed by atoms with van der Waals surface area (Å²) in [5.41, 5.74) is 4.29. The SMILES string of the molecule is CCNC(=O)[C@H](Cc1ccccc1)N(Cc1ccc(C)cc1)C(=O)CSCc1ccc(Cl)cc1. The molecule has 2 amide bonds.